The highest BCUT2D eigenvalue weighted by Gasteiger charge is 2.33. The number of aromatic nitrogens is 4. The number of nitrogens with zero attached hydrogens (tertiary/aromatic N) is 4. The van der Waals surface area contributed by atoms with E-state index in [0.717, 1.165) is 37.1 Å². The molecule has 1 saturated heterocycles. The number of fused-ring (bicyclic) bond motifs is 1. The summed E-state index contributed by atoms with van der Waals surface area (Å²) in [5.41, 5.74) is 3.21. The number of hydrogen-bond donors (Lipinski definition) is 2. The van der Waals surface area contributed by atoms with E-state index in [2.05, 4.69) is 59.9 Å². The molecule has 3 aromatic rings. The van der Waals surface area contributed by atoms with Gasteiger partial charge in [-0.15, -0.1) is 0 Å². The molecule has 1 aliphatic carbocycles. The van der Waals surface area contributed by atoms with Gasteiger partial charge in [-0.2, -0.15) is 19.6 Å². The maximum Gasteiger partial charge on any atom is 0.322 e. The van der Waals surface area contributed by atoms with Crippen LogP contribution in [0, 0.1) is 5.92 Å². The van der Waals surface area contributed by atoms with Gasteiger partial charge in [0.1, 0.15) is 6.10 Å². The van der Waals surface area contributed by atoms with E-state index >= 15 is 0 Å². The van der Waals surface area contributed by atoms with E-state index in [1.807, 2.05) is 10.7 Å². The average Bonchev–Trinajstić information content (AvgIpc) is 3.51. The molecule has 7 heteroatoms. The Hall–Kier alpha value is -2.67. The minimum atomic E-state index is 0.104. The van der Waals surface area contributed by atoms with Crippen LogP contribution in [0.2, 0.25) is 0 Å². The number of benzene rings is 1. The molecule has 3 heterocycles. The summed E-state index contributed by atoms with van der Waals surface area (Å²) in [5.74, 6) is 1.64. The van der Waals surface area contributed by atoms with Gasteiger partial charge in [-0.25, -0.2) is 0 Å². The molecule has 158 valence electrons. The number of anilines is 1. The first-order chi connectivity index (χ1) is 14.7. The molecule has 2 aromatic heterocycles. The topological polar surface area (TPSA) is 76.4 Å². The molecule has 0 radical (unpaired) electrons. The van der Waals surface area contributed by atoms with Gasteiger partial charge in [0.2, 0.25) is 5.95 Å². The van der Waals surface area contributed by atoms with Gasteiger partial charge >= 0.3 is 6.01 Å². The number of nitrogens with one attached hydrogen (secondary N) is 2. The van der Waals surface area contributed by atoms with E-state index < -0.39 is 0 Å². The predicted octanol–water partition coefficient (Wildman–Crippen LogP) is 3.94. The molecular weight excluding hydrogens is 376 g/mol. The maximum atomic E-state index is 6.21. The Morgan fingerprint density at radius 3 is 2.67 bits per heavy atom. The van der Waals surface area contributed by atoms with Crippen LogP contribution >= 0.6 is 0 Å². The van der Waals surface area contributed by atoms with E-state index in [1.54, 1.807) is 0 Å². The van der Waals surface area contributed by atoms with Crippen molar-refractivity contribution in [3.05, 3.63) is 47.7 Å². The van der Waals surface area contributed by atoms with E-state index in [-0.39, 0.29) is 12.1 Å². The van der Waals surface area contributed by atoms with Gasteiger partial charge in [0.15, 0.2) is 5.65 Å². The second kappa shape index (κ2) is 8.22. The third-order valence-corrected chi connectivity index (χ3v) is 6.06. The molecule has 7 nitrogen and oxygen atoms in total. The van der Waals surface area contributed by atoms with Gasteiger partial charge < -0.3 is 15.4 Å². The SMILES string of the molecule is CC(C)c1cnn2c(N[C@H](c3ccccc3)C3CC3)nc(O[C@@H]3CCCNC3)nc12. The highest BCUT2D eigenvalue weighted by atomic mass is 16.5. The zero-order valence-electron chi connectivity index (χ0n) is 17.7. The fourth-order valence-electron chi connectivity index (χ4n) is 4.20. The summed E-state index contributed by atoms with van der Waals surface area (Å²) in [5, 5.41) is 11.7. The number of rotatable bonds is 7. The first-order valence-corrected chi connectivity index (χ1v) is 11.1. The van der Waals surface area contributed by atoms with E-state index in [1.165, 1.54) is 18.4 Å². The standard InChI is InChI=1S/C23H30N6O/c1-15(2)19-14-25-29-21(19)27-23(30-18-9-6-12-24-13-18)28-22(29)26-20(17-10-11-17)16-7-4-3-5-8-16/h3-5,7-8,14-15,17-18,20,24H,6,9-13H2,1-2H3,(H,26,27,28)/t18-,20-/m1/s1. The Morgan fingerprint density at radius 2 is 1.97 bits per heavy atom. The van der Waals surface area contributed by atoms with E-state index in [9.17, 15) is 0 Å². The summed E-state index contributed by atoms with van der Waals surface area (Å²) in [6.45, 7) is 6.21. The molecule has 2 aliphatic rings. The quantitative estimate of drug-likeness (QED) is 0.619. The van der Waals surface area contributed by atoms with Gasteiger partial charge in [-0.1, -0.05) is 44.2 Å². The highest BCUT2D eigenvalue weighted by Crippen LogP contribution is 2.42. The molecule has 1 aromatic carbocycles. The van der Waals surface area contributed by atoms with Crippen LogP contribution in [0.3, 0.4) is 0 Å². The number of piperidine rings is 1. The van der Waals surface area contributed by atoms with Crippen LogP contribution < -0.4 is 15.4 Å². The summed E-state index contributed by atoms with van der Waals surface area (Å²) in [6.07, 6.45) is 6.60. The Bertz CT molecular complexity index is 992. The van der Waals surface area contributed by atoms with Crippen LogP contribution in [-0.4, -0.2) is 38.8 Å². The zero-order valence-corrected chi connectivity index (χ0v) is 17.7. The molecule has 2 atom stereocenters. The van der Waals surface area contributed by atoms with Crippen LogP contribution in [0.4, 0.5) is 5.95 Å². The summed E-state index contributed by atoms with van der Waals surface area (Å²) in [6, 6.07) is 11.3. The van der Waals surface area contributed by atoms with Crippen LogP contribution in [0.25, 0.3) is 5.65 Å². The molecule has 0 unspecified atom stereocenters. The fraction of sp³-hybridized carbons (Fsp3) is 0.522. The Kier molecular flexibility index (Phi) is 5.29. The number of ether oxygens (including phenoxy) is 1. The van der Waals surface area contributed by atoms with Crippen LogP contribution in [-0.2, 0) is 0 Å². The van der Waals surface area contributed by atoms with Crippen molar-refractivity contribution in [2.75, 3.05) is 18.4 Å². The van der Waals surface area contributed by atoms with Gasteiger partial charge in [-0.3, -0.25) is 0 Å². The maximum absolute atomic E-state index is 6.21. The second-order valence-electron chi connectivity index (χ2n) is 8.78. The second-order valence-corrected chi connectivity index (χ2v) is 8.78. The predicted molar refractivity (Wildman–Crippen MR) is 117 cm³/mol. The van der Waals surface area contributed by atoms with Crippen molar-refractivity contribution in [2.45, 2.75) is 57.6 Å². The lowest BCUT2D eigenvalue weighted by Gasteiger charge is -2.24. The van der Waals surface area contributed by atoms with Crippen molar-refractivity contribution in [3.63, 3.8) is 0 Å². The van der Waals surface area contributed by atoms with Crippen molar-refractivity contribution in [2.24, 2.45) is 5.92 Å². The van der Waals surface area contributed by atoms with Crippen molar-refractivity contribution >= 4 is 11.6 Å². The molecule has 1 saturated carbocycles. The molecular formula is C23H30N6O. The summed E-state index contributed by atoms with van der Waals surface area (Å²) >= 11 is 0. The molecule has 30 heavy (non-hydrogen) atoms. The van der Waals surface area contributed by atoms with Crippen LogP contribution in [0.15, 0.2) is 36.5 Å². The van der Waals surface area contributed by atoms with Crippen molar-refractivity contribution in [1.82, 2.24) is 24.9 Å². The zero-order chi connectivity index (χ0) is 20.5. The Labute approximate surface area is 177 Å². The molecule has 1 aliphatic heterocycles. The summed E-state index contributed by atoms with van der Waals surface area (Å²) in [4.78, 5) is 9.52. The van der Waals surface area contributed by atoms with E-state index in [4.69, 9.17) is 14.7 Å². The Morgan fingerprint density at radius 1 is 1.13 bits per heavy atom. The molecule has 0 spiro atoms. The Balaban J connectivity index is 1.52. The fourth-order valence-corrected chi connectivity index (χ4v) is 4.20. The average molecular weight is 407 g/mol. The van der Waals surface area contributed by atoms with Gasteiger partial charge in [0.05, 0.1) is 12.2 Å². The van der Waals surface area contributed by atoms with Crippen LogP contribution in [0.1, 0.15) is 62.6 Å². The highest BCUT2D eigenvalue weighted by molar-refractivity contribution is 5.53. The minimum absolute atomic E-state index is 0.104. The largest absolute Gasteiger partial charge is 0.459 e. The lowest BCUT2D eigenvalue weighted by Crippen LogP contribution is -2.37. The van der Waals surface area contributed by atoms with Gasteiger partial charge in [0.25, 0.3) is 0 Å². The molecule has 0 bridgehead atoms. The number of hydrogen-bond acceptors (Lipinski definition) is 6. The smallest absolute Gasteiger partial charge is 0.322 e. The lowest BCUT2D eigenvalue weighted by molar-refractivity contribution is 0.153. The monoisotopic (exact) mass is 406 g/mol. The summed E-state index contributed by atoms with van der Waals surface area (Å²) in [7, 11) is 0. The van der Waals surface area contributed by atoms with Gasteiger partial charge in [0, 0.05) is 12.1 Å². The molecule has 5 rings (SSSR count). The van der Waals surface area contributed by atoms with Crippen molar-refractivity contribution in [1.29, 1.82) is 0 Å². The third kappa shape index (κ3) is 3.99. The molecule has 0 amide bonds. The first kappa shape index (κ1) is 19.3. The van der Waals surface area contributed by atoms with Crippen molar-refractivity contribution in [3.8, 4) is 6.01 Å². The van der Waals surface area contributed by atoms with Gasteiger partial charge in [-0.05, 0) is 49.6 Å². The molecule has 2 fully saturated rings. The minimum Gasteiger partial charge on any atom is -0.459 e. The van der Waals surface area contributed by atoms with Crippen LogP contribution in [0.5, 0.6) is 6.01 Å². The van der Waals surface area contributed by atoms with E-state index in [0.29, 0.717) is 23.8 Å². The summed E-state index contributed by atoms with van der Waals surface area (Å²) < 4.78 is 8.04. The van der Waals surface area contributed by atoms with Crippen molar-refractivity contribution < 1.29 is 4.74 Å². The molecule has 2 N–H and O–H groups in total. The lowest BCUT2D eigenvalue weighted by atomic mass is 10.0. The first-order valence-electron chi connectivity index (χ1n) is 11.1. The normalized spacial score (nSPS) is 20.4. The third-order valence-electron chi connectivity index (χ3n) is 6.06.